The number of hydrogen-bond acceptors (Lipinski definition) is 14. The Bertz CT molecular complexity index is 2450. The van der Waals surface area contributed by atoms with E-state index in [0.717, 1.165) is 35.3 Å². The molecule has 63 heavy (non-hydrogen) atoms. The Hall–Kier alpha value is -5.07. The lowest BCUT2D eigenvalue weighted by Crippen LogP contribution is -2.33. The number of carbonyl (C=O) groups is 4. The van der Waals surface area contributed by atoms with Crippen LogP contribution in [-0.4, -0.2) is 102 Å². The summed E-state index contributed by atoms with van der Waals surface area (Å²) in [6.45, 7) is 10.4. The highest BCUT2D eigenvalue weighted by Crippen LogP contribution is 2.34. The van der Waals surface area contributed by atoms with E-state index in [1.165, 1.54) is 29.6 Å². The molecule has 2 aliphatic heterocycles. The monoisotopic (exact) mass is 918 g/mol. The Morgan fingerprint density at radius 2 is 1.33 bits per heavy atom. The zero-order valence-electron chi connectivity index (χ0n) is 36.7. The van der Waals surface area contributed by atoms with Gasteiger partial charge in [0.15, 0.2) is 11.6 Å². The molecule has 16 nitrogen and oxygen atoms in total. The van der Waals surface area contributed by atoms with Gasteiger partial charge in [-0.15, -0.1) is 31.8 Å². The quantitative estimate of drug-likeness (QED) is 0.0632. The van der Waals surface area contributed by atoms with Crippen LogP contribution < -0.4 is 14.8 Å². The number of ether oxygens (including phenoxy) is 2. The third-order valence-electron chi connectivity index (χ3n) is 10.1. The molecule has 4 aromatic heterocycles. The standard InChI is InChI=1S/C21H24N4O3S.C14H16N2O4.C7H10N2S.CH6BOP/c1-13(2)20(27)19-15-7-6-14(28-3)11-17(15)25(23-19)12-18(26)24-9-4-5-16(24)21-22-8-10-29-21;1-8(2)14(19)13-10-5-4-9(20-3)6-11(10)16(15-13)7-12(17)18;1-2-6(8-3-1)7-9-4-5-10-7;1-2(3)4/h6-8,10-11,13,16H,4-5,9,12H2,1-3H3;4-6,8H,7H2,1-3H3,(H,17,18);4-6,8H,1-3H2;3H,4H2,1H3. The number of rotatable bonds is 12. The molecule has 2 fully saturated rings. The van der Waals surface area contributed by atoms with Crippen molar-refractivity contribution < 1.29 is 38.8 Å². The molecule has 3 atom stereocenters. The topological polar surface area (TPSA) is 204 Å². The first-order chi connectivity index (χ1) is 30.1. The summed E-state index contributed by atoms with van der Waals surface area (Å²) in [5.41, 5.74) is 2.02. The van der Waals surface area contributed by atoms with Crippen molar-refractivity contribution in [3.8, 4) is 11.5 Å². The van der Waals surface area contributed by atoms with Crippen molar-refractivity contribution in [3.63, 3.8) is 0 Å². The molecule has 6 heterocycles. The normalized spacial score (nSPS) is 15.6. The average molecular weight is 919 g/mol. The fourth-order valence-corrected chi connectivity index (χ4v) is 8.62. The molecule has 2 aliphatic rings. The van der Waals surface area contributed by atoms with Gasteiger partial charge in [-0.1, -0.05) is 34.5 Å². The number of nitrogens with one attached hydrogen (secondary N) is 1. The lowest BCUT2D eigenvalue weighted by Gasteiger charge is -2.23. The molecule has 2 saturated heterocycles. The van der Waals surface area contributed by atoms with Crippen molar-refractivity contribution in [1.29, 1.82) is 0 Å². The van der Waals surface area contributed by atoms with E-state index in [1.54, 1.807) is 79.5 Å². The van der Waals surface area contributed by atoms with E-state index < -0.39 is 5.97 Å². The van der Waals surface area contributed by atoms with Crippen molar-refractivity contribution >= 4 is 83.7 Å². The van der Waals surface area contributed by atoms with Gasteiger partial charge in [0.05, 0.1) is 37.3 Å². The summed E-state index contributed by atoms with van der Waals surface area (Å²) in [5, 5.41) is 36.6. The Morgan fingerprint density at radius 1 is 0.825 bits per heavy atom. The number of carboxylic acids is 1. The number of hydrogen-bond donors (Lipinski definition) is 3. The number of thiazole rings is 2. The van der Waals surface area contributed by atoms with Gasteiger partial charge < -0.3 is 29.8 Å². The van der Waals surface area contributed by atoms with Gasteiger partial charge in [-0.3, -0.25) is 28.5 Å². The molecule has 336 valence electrons. The number of carboxylic acid groups (broad SMARTS) is 1. The first kappa shape index (κ1) is 49.0. The zero-order valence-corrected chi connectivity index (χ0v) is 39.5. The van der Waals surface area contributed by atoms with Crippen LogP contribution in [-0.2, 0) is 22.7 Å². The first-order valence-corrected chi connectivity index (χ1v) is 23.2. The van der Waals surface area contributed by atoms with Gasteiger partial charge >= 0.3 is 12.6 Å². The van der Waals surface area contributed by atoms with E-state index >= 15 is 0 Å². The number of fused-ring (bicyclic) bond motifs is 2. The number of amides is 1. The van der Waals surface area contributed by atoms with Crippen molar-refractivity contribution in [2.45, 2.75) is 85.4 Å². The van der Waals surface area contributed by atoms with Gasteiger partial charge in [0.25, 0.3) is 0 Å². The minimum atomic E-state index is -1.01. The molecule has 3 unspecified atom stereocenters. The second kappa shape index (κ2) is 23.0. The predicted octanol–water partition coefficient (Wildman–Crippen LogP) is 7.21. The molecule has 0 aliphatic carbocycles. The summed E-state index contributed by atoms with van der Waals surface area (Å²) < 4.78 is 13.4. The number of Topliss-reactive ketones (excluding diaryl/α,β-unsaturated/α-hetero) is 2. The highest BCUT2D eigenvalue weighted by Gasteiger charge is 2.32. The lowest BCUT2D eigenvalue weighted by atomic mass is 10.0. The summed E-state index contributed by atoms with van der Waals surface area (Å²) in [6, 6.07) is 11.2. The summed E-state index contributed by atoms with van der Waals surface area (Å²) in [5.74, 6) is -0.290. The number of nitrogens with zero attached hydrogens (tertiary/aromatic N) is 7. The zero-order chi connectivity index (χ0) is 45.8. The highest BCUT2D eigenvalue weighted by molar-refractivity contribution is 7.59. The van der Waals surface area contributed by atoms with Gasteiger partial charge in [-0.05, 0) is 56.5 Å². The van der Waals surface area contributed by atoms with Gasteiger partial charge in [-0.25, -0.2) is 9.97 Å². The minimum Gasteiger partial charge on any atom is -0.497 e. The Labute approximate surface area is 377 Å². The van der Waals surface area contributed by atoms with Gasteiger partial charge in [0.1, 0.15) is 46.0 Å². The Balaban J connectivity index is 0.000000188. The maximum atomic E-state index is 13.2. The van der Waals surface area contributed by atoms with E-state index in [2.05, 4.69) is 34.6 Å². The molecule has 0 bridgehead atoms. The number of benzene rings is 2. The molecule has 0 saturated carbocycles. The van der Waals surface area contributed by atoms with Gasteiger partial charge in [-0.2, -0.15) is 10.2 Å². The van der Waals surface area contributed by atoms with E-state index in [-0.39, 0.29) is 55.1 Å². The molecule has 8 rings (SSSR count). The van der Waals surface area contributed by atoms with Crippen molar-refractivity contribution in [2.24, 2.45) is 11.8 Å². The SMILES string of the molecule is CB(O)P.COc1ccc2c(C(=O)C(C)C)nn(CC(=O)N3CCCC3c3nccs3)c2c1.COc1ccc2c(C(=O)C(C)C)nn(CC(=O)O)c2c1.c1csc(C2CCCN2)n1. The molecule has 0 radical (unpaired) electrons. The summed E-state index contributed by atoms with van der Waals surface area (Å²) >= 11 is 3.32. The Morgan fingerprint density at radius 3 is 1.76 bits per heavy atom. The summed E-state index contributed by atoms with van der Waals surface area (Å²) in [7, 11) is 5.33. The molecule has 1 amide bonds. The van der Waals surface area contributed by atoms with Crippen molar-refractivity contribution in [2.75, 3.05) is 27.3 Å². The smallest absolute Gasteiger partial charge is 0.325 e. The van der Waals surface area contributed by atoms with Crippen LogP contribution in [0.25, 0.3) is 21.8 Å². The van der Waals surface area contributed by atoms with Crippen LogP contribution in [0.4, 0.5) is 0 Å². The van der Waals surface area contributed by atoms with Crippen molar-refractivity contribution in [1.82, 2.24) is 39.7 Å². The summed E-state index contributed by atoms with van der Waals surface area (Å²) in [4.78, 5) is 59.4. The second-order valence-corrected chi connectivity index (χ2v) is 18.4. The summed E-state index contributed by atoms with van der Waals surface area (Å²) in [6.07, 6.45) is 8.08. The number of aromatic nitrogens is 6. The van der Waals surface area contributed by atoms with E-state index in [4.69, 9.17) is 19.6 Å². The van der Waals surface area contributed by atoms with E-state index in [9.17, 15) is 19.2 Å². The molecular formula is C43H56BN8O8PS2. The third-order valence-corrected chi connectivity index (χ3v) is 11.9. The number of carbonyl (C=O) groups excluding carboxylic acids is 3. The van der Waals surface area contributed by atoms with Crippen LogP contribution in [0.5, 0.6) is 11.5 Å². The predicted molar refractivity (Wildman–Crippen MR) is 250 cm³/mol. The fourth-order valence-electron chi connectivity index (χ4n) is 7.08. The largest absolute Gasteiger partial charge is 0.497 e. The first-order valence-electron chi connectivity index (χ1n) is 20.8. The molecule has 0 spiro atoms. The minimum absolute atomic E-state index is 0.0153. The van der Waals surface area contributed by atoms with Crippen LogP contribution in [0.3, 0.4) is 0 Å². The maximum absolute atomic E-state index is 13.2. The lowest BCUT2D eigenvalue weighted by molar-refractivity contribution is -0.138. The number of aliphatic carboxylic acids is 1. The Kier molecular flexibility index (Phi) is 17.9. The van der Waals surface area contributed by atoms with Gasteiger partial charge in [0, 0.05) is 64.4 Å². The molecule has 2 aromatic carbocycles. The third kappa shape index (κ3) is 12.8. The van der Waals surface area contributed by atoms with Crippen molar-refractivity contribution in [3.05, 3.63) is 81.0 Å². The maximum Gasteiger partial charge on any atom is 0.325 e. The van der Waals surface area contributed by atoms with E-state index in [0.29, 0.717) is 46.4 Å². The van der Waals surface area contributed by atoms with Crippen LogP contribution in [0, 0.1) is 11.8 Å². The van der Waals surface area contributed by atoms with Crippen LogP contribution in [0.2, 0.25) is 6.82 Å². The molecule has 20 heteroatoms. The van der Waals surface area contributed by atoms with E-state index in [1.807, 2.05) is 53.9 Å². The average Bonchev–Trinajstić information content (AvgIpc) is 4.11. The fraction of sp³-hybridized carbons (Fsp3) is 0.442. The molecule has 6 aromatic rings. The number of methoxy groups -OCH3 is 2. The van der Waals surface area contributed by atoms with Crippen LogP contribution in [0.15, 0.2) is 59.6 Å². The van der Waals surface area contributed by atoms with Crippen LogP contribution in [0.1, 0.15) is 96.5 Å². The van der Waals surface area contributed by atoms with Crippen LogP contribution >= 0.6 is 31.8 Å². The van der Waals surface area contributed by atoms with Gasteiger partial charge in [0.2, 0.25) is 5.91 Å². The molecule has 3 N–H and O–H groups in total. The number of likely N-dealkylation sites (tertiary alicyclic amines) is 1. The second-order valence-electron chi connectivity index (χ2n) is 15.6. The number of ketones is 2. The highest BCUT2D eigenvalue weighted by atomic mass is 32.1. The molecular weight excluding hydrogens is 862 g/mol.